The Kier molecular flexibility index (Phi) is 5.06. The fraction of sp³-hybridized carbons (Fsp3) is 0.333. The van der Waals surface area contributed by atoms with Crippen LogP contribution in [0.5, 0.6) is 0 Å². The van der Waals surface area contributed by atoms with E-state index in [0.717, 1.165) is 16.2 Å². The summed E-state index contributed by atoms with van der Waals surface area (Å²) in [5, 5.41) is 13.6. The van der Waals surface area contributed by atoms with Crippen molar-refractivity contribution in [2.24, 2.45) is 0 Å². The van der Waals surface area contributed by atoms with E-state index in [1.807, 2.05) is 12.1 Å². The maximum absolute atomic E-state index is 12.2. The number of aromatic nitrogens is 1. The fourth-order valence-electron chi connectivity index (χ4n) is 2.39. The Bertz CT molecular complexity index is 861. The highest BCUT2D eigenvalue weighted by Gasteiger charge is 2.18. The van der Waals surface area contributed by atoms with Crippen LogP contribution in [0.4, 0.5) is 11.4 Å². The molecule has 2 aromatic rings. The molecule has 1 aromatic heterocycles. The van der Waals surface area contributed by atoms with Crippen molar-refractivity contribution >= 4 is 17.3 Å². The van der Waals surface area contributed by atoms with E-state index in [1.165, 1.54) is 6.07 Å². The molecule has 0 bridgehead atoms. The molecule has 0 unspecified atom stereocenters. The highest BCUT2D eigenvalue weighted by Crippen LogP contribution is 2.23. The molecule has 1 heterocycles. The van der Waals surface area contributed by atoms with Gasteiger partial charge in [-0.25, -0.2) is 0 Å². The van der Waals surface area contributed by atoms with Crippen LogP contribution in [0.3, 0.4) is 0 Å². The van der Waals surface area contributed by atoms with E-state index in [1.54, 1.807) is 19.1 Å². The molecule has 0 aliphatic rings. The number of hydrogen-bond acceptors (Lipinski definition) is 4. The van der Waals surface area contributed by atoms with Crippen LogP contribution in [0, 0.1) is 17.0 Å². The van der Waals surface area contributed by atoms with Gasteiger partial charge in [-0.3, -0.25) is 24.3 Å². The largest absolute Gasteiger partial charge is 0.334 e. The zero-order valence-electron chi connectivity index (χ0n) is 14.7. The van der Waals surface area contributed by atoms with Crippen molar-refractivity contribution in [1.29, 1.82) is 0 Å². The summed E-state index contributed by atoms with van der Waals surface area (Å²) in [7, 11) is 0. The molecule has 0 saturated heterocycles. The van der Waals surface area contributed by atoms with Gasteiger partial charge in [0.2, 0.25) is 5.91 Å². The predicted molar refractivity (Wildman–Crippen MR) is 95.9 cm³/mol. The van der Waals surface area contributed by atoms with Gasteiger partial charge in [-0.2, -0.15) is 0 Å². The van der Waals surface area contributed by atoms with E-state index in [-0.39, 0.29) is 12.0 Å². The number of amides is 1. The fourth-order valence-corrected chi connectivity index (χ4v) is 2.39. The lowest BCUT2D eigenvalue weighted by atomic mass is 9.87. The van der Waals surface area contributed by atoms with E-state index >= 15 is 0 Å². The van der Waals surface area contributed by atoms with Crippen LogP contribution in [-0.4, -0.2) is 15.4 Å². The van der Waals surface area contributed by atoms with Gasteiger partial charge in [0, 0.05) is 17.4 Å². The number of pyridine rings is 1. The molecule has 25 heavy (non-hydrogen) atoms. The quantitative estimate of drug-likeness (QED) is 0.682. The smallest absolute Gasteiger partial charge is 0.325 e. The molecular formula is C18H21N3O4. The second-order valence-electron chi connectivity index (χ2n) is 6.88. The number of hydrogen-bond donors (Lipinski definition) is 1. The number of rotatable bonds is 4. The molecule has 1 N–H and O–H groups in total. The van der Waals surface area contributed by atoms with Gasteiger partial charge in [0.15, 0.2) is 0 Å². The standard InChI is InChI=1S/C18H21N3O4/c1-12-5-10-15(21(24)25)17(23)20(12)11-16(22)19-14-8-6-13(7-9-14)18(2,3)4/h5-10H,11H2,1-4H3,(H,19,22). The second kappa shape index (κ2) is 6.88. The minimum absolute atomic E-state index is 0.00986. The van der Waals surface area contributed by atoms with Crippen LogP contribution < -0.4 is 10.9 Å². The average molecular weight is 343 g/mol. The Morgan fingerprint density at radius 1 is 1.16 bits per heavy atom. The SMILES string of the molecule is Cc1ccc([N+](=O)[O-])c(=O)n1CC(=O)Nc1ccc(C(C)(C)C)cc1. The Morgan fingerprint density at radius 3 is 2.28 bits per heavy atom. The molecule has 132 valence electrons. The number of nitro groups is 1. The van der Waals surface area contributed by atoms with Crippen molar-refractivity contribution in [2.45, 2.75) is 39.7 Å². The second-order valence-corrected chi connectivity index (χ2v) is 6.88. The third-order valence-corrected chi connectivity index (χ3v) is 3.91. The van der Waals surface area contributed by atoms with Gasteiger partial charge in [0.05, 0.1) is 4.92 Å². The monoisotopic (exact) mass is 343 g/mol. The van der Waals surface area contributed by atoms with E-state index < -0.39 is 22.1 Å². The third kappa shape index (κ3) is 4.32. The van der Waals surface area contributed by atoms with E-state index in [0.29, 0.717) is 11.4 Å². The summed E-state index contributed by atoms with van der Waals surface area (Å²) in [6.07, 6.45) is 0. The van der Waals surface area contributed by atoms with Gasteiger partial charge in [-0.15, -0.1) is 0 Å². The molecule has 2 rings (SSSR count). The molecule has 0 fully saturated rings. The van der Waals surface area contributed by atoms with Crippen molar-refractivity contribution in [3.8, 4) is 0 Å². The van der Waals surface area contributed by atoms with Crippen molar-refractivity contribution in [3.05, 3.63) is 68.1 Å². The highest BCUT2D eigenvalue weighted by atomic mass is 16.6. The van der Waals surface area contributed by atoms with Gasteiger partial charge >= 0.3 is 11.2 Å². The summed E-state index contributed by atoms with van der Waals surface area (Å²) in [6.45, 7) is 7.62. The minimum atomic E-state index is -0.789. The van der Waals surface area contributed by atoms with Crippen LogP contribution >= 0.6 is 0 Å². The normalized spacial score (nSPS) is 11.2. The van der Waals surface area contributed by atoms with Gasteiger partial charge in [-0.1, -0.05) is 32.9 Å². The molecule has 7 nitrogen and oxygen atoms in total. The summed E-state index contributed by atoms with van der Waals surface area (Å²) >= 11 is 0. The molecule has 0 saturated carbocycles. The Morgan fingerprint density at radius 2 is 1.76 bits per heavy atom. The first-order valence-electron chi connectivity index (χ1n) is 7.85. The lowest BCUT2D eigenvalue weighted by molar-refractivity contribution is -0.386. The number of aryl methyl sites for hydroxylation is 1. The average Bonchev–Trinajstić information content (AvgIpc) is 2.50. The molecule has 1 aromatic carbocycles. The van der Waals surface area contributed by atoms with Gasteiger partial charge in [0.25, 0.3) is 0 Å². The number of nitrogens with one attached hydrogen (secondary N) is 1. The highest BCUT2D eigenvalue weighted by molar-refractivity contribution is 5.90. The zero-order chi connectivity index (χ0) is 18.8. The van der Waals surface area contributed by atoms with Crippen LogP contribution in [0.25, 0.3) is 0 Å². The van der Waals surface area contributed by atoms with Crippen LogP contribution in [0.15, 0.2) is 41.2 Å². The molecule has 0 aliphatic carbocycles. The van der Waals surface area contributed by atoms with Crippen LogP contribution in [-0.2, 0) is 16.8 Å². The summed E-state index contributed by atoms with van der Waals surface area (Å²) in [4.78, 5) is 34.4. The number of anilines is 1. The molecule has 7 heteroatoms. The van der Waals surface area contributed by atoms with Gasteiger partial charge < -0.3 is 5.32 Å². The number of benzene rings is 1. The lowest BCUT2D eigenvalue weighted by Crippen LogP contribution is -2.30. The van der Waals surface area contributed by atoms with Gasteiger partial charge in [0.1, 0.15) is 6.54 Å². The zero-order valence-corrected chi connectivity index (χ0v) is 14.7. The van der Waals surface area contributed by atoms with Crippen molar-refractivity contribution in [3.63, 3.8) is 0 Å². The summed E-state index contributed by atoms with van der Waals surface area (Å²) < 4.78 is 1.09. The minimum Gasteiger partial charge on any atom is -0.325 e. The first-order chi connectivity index (χ1) is 11.6. The molecule has 0 aliphatic heterocycles. The van der Waals surface area contributed by atoms with Crippen molar-refractivity contribution in [1.82, 2.24) is 4.57 Å². The number of carbonyl (C=O) groups excluding carboxylic acids is 1. The molecule has 0 spiro atoms. The van der Waals surface area contributed by atoms with E-state index in [9.17, 15) is 19.7 Å². The summed E-state index contributed by atoms with van der Waals surface area (Å²) in [5.74, 6) is -0.422. The van der Waals surface area contributed by atoms with Crippen molar-refractivity contribution in [2.75, 3.05) is 5.32 Å². The Balaban J connectivity index is 2.17. The molecule has 0 atom stereocenters. The number of carbonyl (C=O) groups is 1. The molecular weight excluding hydrogens is 322 g/mol. The first kappa shape index (κ1) is 18.4. The Hall–Kier alpha value is -2.96. The molecule has 1 amide bonds. The van der Waals surface area contributed by atoms with Gasteiger partial charge in [-0.05, 0) is 36.1 Å². The lowest BCUT2D eigenvalue weighted by Gasteiger charge is -2.19. The first-order valence-corrected chi connectivity index (χ1v) is 7.85. The topological polar surface area (TPSA) is 94.2 Å². The molecule has 0 radical (unpaired) electrons. The Labute approximate surface area is 145 Å². The van der Waals surface area contributed by atoms with Crippen molar-refractivity contribution < 1.29 is 9.72 Å². The van der Waals surface area contributed by atoms with E-state index in [2.05, 4.69) is 26.1 Å². The predicted octanol–water partition coefficient (Wildman–Crippen LogP) is 3.00. The van der Waals surface area contributed by atoms with E-state index in [4.69, 9.17) is 0 Å². The summed E-state index contributed by atoms with van der Waals surface area (Å²) in [5.41, 5.74) is 0.894. The summed E-state index contributed by atoms with van der Waals surface area (Å²) in [6, 6.07) is 10.0. The third-order valence-electron chi connectivity index (χ3n) is 3.91. The van der Waals surface area contributed by atoms with Crippen LogP contribution in [0.1, 0.15) is 32.0 Å². The number of nitrogens with zero attached hydrogens (tertiary/aromatic N) is 2. The maximum atomic E-state index is 12.2. The maximum Gasteiger partial charge on any atom is 0.334 e. The van der Waals surface area contributed by atoms with Crippen LogP contribution in [0.2, 0.25) is 0 Å².